The quantitative estimate of drug-likeness (QED) is 0.698. The van der Waals surface area contributed by atoms with Crippen molar-refractivity contribution in [1.82, 2.24) is 0 Å². The largest absolute Gasteiger partial charge is 0.393 e. The van der Waals surface area contributed by atoms with Gasteiger partial charge < -0.3 is 10.2 Å². The Morgan fingerprint density at radius 3 is 2.68 bits per heavy atom. The van der Waals surface area contributed by atoms with Crippen molar-refractivity contribution in [2.45, 2.75) is 77.4 Å². The first kappa shape index (κ1) is 12.3. The van der Waals surface area contributed by atoms with Gasteiger partial charge in [0.05, 0.1) is 13.6 Å². The van der Waals surface area contributed by atoms with Gasteiger partial charge >= 0.3 is 0 Å². The van der Waals surface area contributed by atoms with Gasteiger partial charge in [-0.25, -0.2) is 0 Å². The zero-order chi connectivity index (χ0) is 18.4. The highest BCUT2D eigenvalue weighted by Gasteiger charge is 2.59. The molecule has 3 fully saturated rings. The predicted molar refractivity (Wildman–Crippen MR) is 88.5 cm³/mol. The molecule has 0 aromatic rings. The molecule has 0 aromatic heterocycles. The minimum atomic E-state index is -2.02. The van der Waals surface area contributed by atoms with Crippen LogP contribution in [0.15, 0.2) is 10.6 Å². The van der Waals surface area contributed by atoms with Crippen molar-refractivity contribution in [3.05, 3.63) is 10.6 Å². The fourth-order valence-electron chi connectivity index (χ4n) is 6.19. The van der Waals surface area contributed by atoms with E-state index in [0.717, 1.165) is 25.7 Å². The monoisotopic (exact) mass is 327 g/mol. The smallest absolute Gasteiger partial charge is 0.0895 e. The molecule has 4 aliphatic carbocycles. The Morgan fingerprint density at radius 1 is 1.14 bits per heavy atom. The molecule has 0 heterocycles. The number of hydrogen-bond donors (Lipinski definition) is 2. The van der Waals surface area contributed by atoms with Crippen LogP contribution in [0.3, 0.4) is 0 Å². The van der Waals surface area contributed by atoms with Gasteiger partial charge in [0.15, 0.2) is 0 Å². The maximum absolute atomic E-state index is 10.8. The zero-order valence-electron chi connectivity index (χ0n) is 16.5. The second-order valence-electron chi connectivity index (χ2n) is 8.40. The van der Waals surface area contributed by atoms with E-state index in [4.69, 9.17) is 15.7 Å². The van der Waals surface area contributed by atoms with Crippen LogP contribution < -0.4 is 0 Å². The van der Waals surface area contributed by atoms with Crippen molar-refractivity contribution in [3.63, 3.8) is 0 Å². The molecule has 2 nitrogen and oxygen atoms in total. The standard InChI is InChI=1S/C19H29ClO2/c1-18-10-8-15(21)17(20)14(18)4-3-11-12-5-6-16(22)19(12,2)9-7-13(11)18/h11-13,15-16,21-22H,3-10H2,1-2H3/t11-,12-,13-,15?,16?,18+,19-/m0/s1/i6D2,16D. The molecule has 0 radical (unpaired) electrons. The zero-order valence-corrected chi connectivity index (χ0v) is 14.3. The second kappa shape index (κ2) is 4.97. The lowest BCUT2D eigenvalue weighted by atomic mass is 9.47. The van der Waals surface area contributed by atoms with Crippen molar-refractivity contribution in [2.24, 2.45) is 28.6 Å². The van der Waals surface area contributed by atoms with Crippen LogP contribution >= 0.6 is 11.6 Å². The molecule has 0 bridgehead atoms. The number of aliphatic hydroxyl groups is 2. The maximum atomic E-state index is 10.8. The lowest BCUT2D eigenvalue weighted by molar-refractivity contribution is -0.0765. The summed E-state index contributed by atoms with van der Waals surface area (Å²) in [7, 11) is 0. The van der Waals surface area contributed by atoms with Crippen LogP contribution in [0.2, 0.25) is 0 Å². The summed E-state index contributed by atoms with van der Waals surface area (Å²) in [6.45, 7) is 4.20. The third-order valence-electron chi connectivity index (χ3n) is 7.61. The summed E-state index contributed by atoms with van der Waals surface area (Å²) in [5, 5.41) is 21.6. The van der Waals surface area contributed by atoms with Crippen LogP contribution in [-0.4, -0.2) is 22.4 Å². The van der Waals surface area contributed by atoms with E-state index < -0.39 is 24.0 Å². The van der Waals surface area contributed by atoms with Gasteiger partial charge in [-0.3, -0.25) is 0 Å². The van der Waals surface area contributed by atoms with Gasteiger partial charge in [0.1, 0.15) is 0 Å². The summed E-state index contributed by atoms with van der Waals surface area (Å²) in [6.07, 6.45) is 0.813. The minimum absolute atomic E-state index is 0.0317. The molecule has 0 saturated heterocycles. The van der Waals surface area contributed by atoms with Crippen LogP contribution in [0.25, 0.3) is 0 Å². The average molecular weight is 328 g/mol. The summed E-state index contributed by atoms with van der Waals surface area (Å²) < 4.78 is 25.0. The van der Waals surface area contributed by atoms with Crippen LogP contribution in [0.4, 0.5) is 0 Å². The predicted octanol–water partition coefficient (Wildman–Crippen LogP) is 4.24. The normalized spacial score (nSPS) is 62.3. The number of allylic oxidation sites excluding steroid dienone is 1. The third-order valence-corrected chi connectivity index (χ3v) is 8.09. The van der Waals surface area contributed by atoms with Gasteiger partial charge in [-0.15, -0.1) is 0 Å². The van der Waals surface area contributed by atoms with E-state index >= 15 is 0 Å². The molecule has 3 saturated carbocycles. The van der Waals surface area contributed by atoms with E-state index in [-0.39, 0.29) is 17.8 Å². The van der Waals surface area contributed by atoms with Crippen LogP contribution in [-0.2, 0) is 0 Å². The summed E-state index contributed by atoms with van der Waals surface area (Å²) >= 11 is 6.49. The third kappa shape index (κ3) is 1.87. The summed E-state index contributed by atoms with van der Waals surface area (Å²) in [4.78, 5) is 0. The van der Waals surface area contributed by atoms with Crippen LogP contribution in [0.1, 0.15) is 69.3 Å². The highest BCUT2D eigenvalue weighted by Crippen LogP contribution is 2.66. The van der Waals surface area contributed by atoms with Gasteiger partial charge in [-0.2, -0.15) is 0 Å². The van der Waals surface area contributed by atoms with Crippen LogP contribution in [0, 0.1) is 28.6 Å². The van der Waals surface area contributed by atoms with Gasteiger partial charge in [0, 0.05) is 7.77 Å². The fourth-order valence-corrected chi connectivity index (χ4v) is 6.61. The lowest BCUT2D eigenvalue weighted by Gasteiger charge is -2.58. The Labute approximate surface area is 143 Å². The topological polar surface area (TPSA) is 40.5 Å². The Bertz CT molecular complexity index is 634. The molecule has 0 amide bonds. The highest BCUT2D eigenvalue weighted by atomic mass is 35.5. The number of rotatable bonds is 0. The molecule has 2 unspecified atom stereocenters. The number of fused-ring (bicyclic) bond motifs is 5. The first-order valence-electron chi connectivity index (χ1n) is 10.3. The van der Waals surface area contributed by atoms with E-state index in [1.807, 2.05) is 6.92 Å². The van der Waals surface area contributed by atoms with Crippen molar-refractivity contribution in [2.75, 3.05) is 0 Å². The molecule has 22 heavy (non-hydrogen) atoms. The van der Waals surface area contributed by atoms with Gasteiger partial charge in [0.2, 0.25) is 0 Å². The lowest BCUT2D eigenvalue weighted by Crippen LogP contribution is -2.51. The Morgan fingerprint density at radius 2 is 1.91 bits per heavy atom. The first-order valence-corrected chi connectivity index (χ1v) is 9.13. The molecule has 4 rings (SSSR count). The molecule has 0 spiro atoms. The van der Waals surface area contributed by atoms with E-state index in [2.05, 4.69) is 6.92 Å². The van der Waals surface area contributed by atoms with Gasteiger partial charge in [-0.1, -0.05) is 25.4 Å². The maximum Gasteiger partial charge on any atom is 0.0895 e. The molecule has 4 aliphatic rings. The van der Waals surface area contributed by atoms with Gasteiger partial charge in [-0.05, 0) is 85.5 Å². The molecule has 0 aliphatic heterocycles. The summed E-state index contributed by atoms with van der Waals surface area (Å²) in [5.41, 5.74) is 0.489. The molecule has 7 atom stereocenters. The molecular weight excluding hydrogens is 296 g/mol. The van der Waals surface area contributed by atoms with E-state index in [0.29, 0.717) is 29.7 Å². The van der Waals surface area contributed by atoms with Crippen molar-refractivity contribution >= 4 is 11.6 Å². The molecular formula is C19H29ClO2. The molecule has 3 heteroatoms. The Balaban J connectivity index is 1.74. The second-order valence-corrected chi connectivity index (χ2v) is 8.81. The van der Waals surface area contributed by atoms with Crippen molar-refractivity contribution < 1.29 is 14.3 Å². The Kier molecular flexibility index (Phi) is 2.79. The average Bonchev–Trinajstić information content (AvgIpc) is 2.67. The Hall–Kier alpha value is -0.0500. The number of aliphatic hydroxyl groups excluding tert-OH is 1. The van der Waals surface area contributed by atoms with E-state index in [9.17, 15) is 10.2 Å². The van der Waals surface area contributed by atoms with E-state index in [1.54, 1.807) is 0 Å². The minimum Gasteiger partial charge on any atom is -0.393 e. The van der Waals surface area contributed by atoms with Crippen molar-refractivity contribution in [3.8, 4) is 0 Å². The van der Waals surface area contributed by atoms with Gasteiger partial charge in [0.25, 0.3) is 0 Å². The number of halogens is 1. The van der Waals surface area contributed by atoms with E-state index in [1.165, 1.54) is 5.57 Å². The molecule has 2 N–H and O–H groups in total. The molecule has 0 aromatic carbocycles. The summed E-state index contributed by atoms with van der Waals surface area (Å²) in [6, 6.07) is 0. The number of hydrogen-bond acceptors (Lipinski definition) is 2. The summed E-state index contributed by atoms with van der Waals surface area (Å²) in [5.74, 6) is 0.759. The SMILES string of the molecule is [2H]C1([2H])C[C@H]2[C@@H]3CCC4=C(Cl)C(O)CC[C@]4(C)[C@H]3CC[C@]2(C)C1([2H])O. The fraction of sp³-hybridized carbons (Fsp3) is 0.895. The van der Waals surface area contributed by atoms with Crippen molar-refractivity contribution in [1.29, 1.82) is 0 Å². The highest BCUT2D eigenvalue weighted by molar-refractivity contribution is 6.30. The molecule has 124 valence electrons. The van der Waals surface area contributed by atoms with Crippen LogP contribution in [0.5, 0.6) is 0 Å². The first-order chi connectivity index (χ1) is 11.5.